The van der Waals surface area contributed by atoms with Crippen molar-refractivity contribution >= 4 is 5.91 Å². The highest BCUT2D eigenvalue weighted by molar-refractivity contribution is 5.79. The Morgan fingerprint density at radius 2 is 1.96 bits per heavy atom. The molecule has 4 rings (SSSR count). The monoisotopic (exact) mass is 375 g/mol. The molecule has 2 heterocycles. The number of likely N-dealkylation sites (tertiary alicyclic amines) is 1. The van der Waals surface area contributed by atoms with Gasteiger partial charge in [-0.15, -0.1) is 0 Å². The van der Waals surface area contributed by atoms with Crippen LogP contribution in [0.2, 0.25) is 0 Å². The smallest absolute Gasteiger partial charge is 0.232 e. The van der Waals surface area contributed by atoms with Crippen molar-refractivity contribution in [2.24, 2.45) is 0 Å². The first-order chi connectivity index (χ1) is 13.5. The van der Waals surface area contributed by atoms with E-state index >= 15 is 0 Å². The number of hydrogen-bond acceptors (Lipinski definition) is 4. The molecule has 5 heteroatoms. The Morgan fingerprint density at radius 1 is 1.18 bits per heavy atom. The summed E-state index contributed by atoms with van der Waals surface area (Å²) in [6.07, 6.45) is 0.427. The van der Waals surface area contributed by atoms with E-state index in [4.69, 9.17) is 4.52 Å². The van der Waals surface area contributed by atoms with E-state index in [0.717, 1.165) is 11.1 Å². The number of carbonyl (C=O) groups excluding carboxylic acids is 1. The van der Waals surface area contributed by atoms with Crippen molar-refractivity contribution < 1.29 is 9.32 Å². The predicted molar refractivity (Wildman–Crippen MR) is 108 cm³/mol. The van der Waals surface area contributed by atoms with Crippen LogP contribution >= 0.6 is 0 Å². The molecule has 0 spiro atoms. The number of aromatic nitrogens is 2. The Labute approximate surface area is 165 Å². The normalized spacial score (nSPS) is 17.9. The quantitative estimate of drug-likeness (QED) is 0.660. The Kier molecular flexibility index (Phi) is 4.99. The first-order valence-electron chi connectivity index (χ1n) is 9.75. The molecule has 0 N–H and O–H groups in total. The lowest BCUT2D eigenvalue weighted by molar-refractivity contribution is -0.127. The van der Waals surface area contributed by atoms with Gasteiger partial charge in [0.2, 0.25) is 17.6 Å². The highest BCUT2D eigenvalue weighted by Crippen LogP contribution is 2.31. The van der Waals surface area contributed by atoms with E-state index in [1.165, 1.54) is 11.1 Å². The maximum atomic E-state index is 12.5. The number of rotatable bonds is 5. The predicted octanol–water partition coefficient (Wildman–Crippen LogP) is 4.47. The van der Waals surface area contributed by atoms with Crippen molar-refractivity contribution in [3.63, 3.8) is 0 Å². The van der Waals surface area contributed by atoms with Crippen LogP contribution in [0.3, 0.4) is 0 Å². The summed E-state index contributed by atoms with van der Waals surface area (Å²) in [4.78, 5) is 19.1. The zero-order chi connectivity index (χ0) is 19.7. The number of carbonyl (C=O) groups is 1. The number of aryl methyl sites for hydroxylation is 2. The van der Waals surface area contributed by atoms with Crippen molar-refractivity contribution in [1.29, 1.82) is 0 Å². The third-order valence-corrected chi connectivity index (χ3v) is 5.49. The zero-order valence-corrected chi connectivity index (χ0v) is 16.6. The van der Waals surface area contributed by atoms with Crippen LogP contribution in [0.5, 0.6) is 0 Å². The van der Waals surface area contributed by atoms with E-state index in [9.17, 15) is 4.79 Å². The lowest BCUT2D eigenvalue weighted by atomic mass is 10.0. The summed E-state index contributed by atoms with van der Waals surface area (Å²) in [5, 5.41) is 4.16. The Bertz CT molecular complexity index is 981. The van der Waals surface area contributed by atoms with E-state index in [-0.39, 0.29) is 17.7 Å². The molecule has 1 aliphatic heterocycles. The van der Waals surface area contributed by atoms with Crippen LogP contribution in [0, 0.1) is 13.8 Å². The van der Waals surface area contributed by atoms with Gasteiger partial charge in [-0.2, -0.15) is 4.98 Å². The summed E-state index contributed by atoms with van der Waals surface area (Å²) in [6.45, 7) is 7.60. The largest absolute Gasteiger partial charge is 0.341 e. The average molecular weight is 375 g/mol. The number of nitrogens with zero attached hydrogens (tertiary/aromatic N) is 3. The summed E-state index contributed by atoms with van der Waals surface area (Å²) >= 11 is 0. The molecule has 1 fully saturated rings. The first kappa shape index (κ1) is 18.4. The van der Waals surface area contributed by atoms with Gasteiger partial charge in [0.25, 0.3) is 0 Å². The molecule has 1 amide bonds. The summed E-state index contributed by atoms with van der Waals surface area (Å²) in [5.41, 5.74) is 4.54. The lowest BCUT2D eigenvalue weighted by Crippen LogP contribution is -2.29. The van der Waals surface area contributed by atoms with Crippen LogP contribution in [-0.4, -0.2) is 34.0 Å². The molecule has 0 bridgehead atoms. The maximum absolute atomic E-state index is 12.5. The Morgan fingerprint density at radius 3 is 2.71 bits per heavy atom. The van der Waals surface area contributed by atoms with Crippen molar-refractivity contribution in [1.82, 2.24) is 15.0 Å². The standard InChI is InChI=1S/C23H25N3O2/c1-15-9-10-20(16(2)11-15)22-24-23(28-25-22)19-12-21(27)26(14-19)13-17(3)18-7-5-4-6-8-18/h4-11,17,19H,12-14H2,1-3H3. The van der Waals surface area contributed by atoms with Crippen LogP contribution in [-0.2, 0) is 4.79 Å². The van der Waals surface area contributed by atoms with Gasteiger partial charge in [-0.1, -0.05) is 66.2 Å². The number of benzene rings is 2. The van der Waals surface area contributed by atoms with Gasteiger partial charge in [0, 0.05) is 25.1 Å². The second-order valence-electron chi connectivity index (χ2n) is 7.79. The Balaban J connectivity index is 1.46. The van der Waals surface area contributed by atoms with Gasteiger partial charge in [-0.05, 0) is 30.9 Å². The maximum Gasteiger partial charge on any atom is 0.232 e. The van der Waals surface area contributed by atoms with Crippen LogP contribution in [0.4, 0.5) is 0 Å². The molecule has 144 valence electrons. The summed E-state index contributed by atoms with van der Waals surface area (Å²) in [6, 6.07) is 16.5. The summed E-state index contributed by atoms with van der Waals surface area (Å²) in [7, 11) is 0. The number of amides is 1. The van der Waals surface area contributed by atoms with Crippen molar-refractivity contribution in [3.8, 4) is 11.4 Å². The van der Waals surface area contributed by atoms with Crippen molar-refractivity contribution in [3.05, 3.63) is 71.1 Å². The van der Waals surface area contributed by atoms with Crippen LogP contribution < -0.4 is 0 Å². The van der Waals surface area contributed by atoms with Gasteiger partial charge >= 0.3 is 0 Å². The van der Waals surface area contributed by atoms with Crippen molar-refractivity contribution in [2.75, 3.05) is 13.1 Å². The lowest BCUT2D eigenvalue weighted by Gasteiger charge is -2.21. The van der Waals surface area contributed by atoms with Gasteiger partial charge in [0.1, 0.15) is 0 Å². The van der Waals surface area contributed by atoms with Crippen LogP contribution in [0.15, 0.2) is 53.1 Å². The van der Waals surface area contributed by atoms with E-state index < -0.39 is 0 Å². The fourth-order valence-electron chi connectivity index (χ4n) is 3.91. The number of hydrogen-bond donors (Lipinski definition) is 0. The molecule has 28 heavy (non-hydrogen) atoms. The second kappa shape index (κ2) is 7.58. The van der Waals surface area contributed by atoms with Crippen LogP contribution in [0.1, 0.15) is 47.8 Å². The molecule has 2 atom stereocenters. The third kappa shape index (κ3) is 3.70. The first-order valence-corrected chi connectivity index (χ1v) is 9.75. The minimum absolute atomic E-state index is 0.0394. The molecular formula is C23H25N3O2. The fraction of sp³-hybridized carbons (Fsp3) is 0.348. The van der Waals surface area contributed by atoms with Gasteiger partial charge in [-0.25, -0.2) is 0 Å². The van der Waals surface area contributed by atoms with Gasteiger partial charge < -0.3 is 9.42 Å². The highest BCUT2D eigenvalue weighted by Gasteiger charge is 2.35. The minimum Gasteiger partial charge on any atom is -0.341 e. The molecule has 0 aliphatic carbocycles. The topological polar surface area (TPSA) is 59.2 Å². The zero-order valence-electron chi connectivity index (χ0n) is 16.6. The average Bonchev–Trinajstić information content (AvgIpc) is 3.30. The SMILES string of the molecule is Cc1ccc(-c2noc(C3CC(=O)N(CC(C)c4ccccc4)C3)n2)c(C)c1. The molecule has 1 saturated heterocycles. The second-order valence-corrected chi connectivity index (χ2v) is 7.79. The molecular weight excluding hydrogens is 350 g/mol. The van der Waals surface area contributed by atoms with E-state index in [1.54, 1.807) is 0 Å². The molecule has 3 aromatic rings. The molecule has 0 radical (unpaired) electrons. The molecule has 0 saturated carbocycles. The van der Waals surface area contributed by atoms with Crippen molar-refractivity contribution in [2.45, 2.75) is 39.0 Å². The summed E-state index contributed by atoms with van der Waals surface area (Å²) < 4.78 is 5.53. The third-order valence-electron chi connectivity index (χ3n) is 5.49. The molecule has 2 unspecified atom stereocenters. The highest BCUT2D eigenvalue weighted by atomic mass is 16.5. The van der Waals surface area contributed by atoms with Gasteiger partial charge in [-0.3, -0.25) is 4.79 Å². The van der Waals surface area contributed by atoms with Gasteiger partial charge in [0.15, 0.2) is 0 Å². The minimum atomic E-state index is -0.0394. The molecule has 5 nitrogen and oxygen atoms in total. The molecule has 2 aromatic carbocycles. The fourth-order valence-corrected chi connectivity index (χ4v) is 3.91. The van der Waals surface area contributed by atoms with Crippen LogP contribution in [0.25, 0.3) is 11.4 Å². The molecule has 1 aromatic heterocycles. The van der Waals surface area contributed by atoms with E-state index in [2.05, 4.69) is 42.2 Å². The van der Waals surface area contributed by atoms with E-state index in [1.807, 2.05) is 42.2 Å². The van der Waals surface area contributed by atoms with E-state index in [0.29, 0.717) is 31.2 Å². The summed E-state index contributed by atoms with van der Waals surface area (Å²) in [5.74, 6) is 1.55. The van der Waals surface area contributed by atoms with Gasteiger partial charge in [0.05, 0.1) is 5.92 Å². The Hall–Kier alpha value is -2.95. The molecule has 1 aliphatic rings.